The zero-order valence-electron chi connectivity index (χ0n) is 16.5. The summed E-state index contributed by atoms with van der Waals surface area (Å²) >= 11 is 0. The van der Waals surface area contributed by atoms with E-state index >= 15 is 0 Å². The lowest BCUT2D eigenvalue weighted by Crippen LogP contribution is -2.34. The number of fused-ring (bicyclic) bond motifs is 1. The second-order valence-corrected chi connectivity index (χ2v) is 8.02. The van der Waals surface area contributed by atoms with Crippen molar-refractivity contribution < 1.29 is 4.74 Å². The zero-order valence-corrected chi connectivity index (χ0v) is 16.5. The highest BCUT2D eigenvalue weighted by atomic mass is 16.5. The molecule has 0 saturated heterocycles. The Morgan fingerprint density at radius 2 is 1.79 bits per heavy atom. The van der Waals surface area contributed by atoms with E-state index in [4.69, 9.17) is 9.84 Å². The van der Waals surface area contributed by atoms with Crippen LogP contribution in [0, 0.1) is 12.8 Å². The van der Waals surface area contributed by atoms with Gasteiger partial charge < -0.3 is 9.64 Å². The summed E-state index contributed by atoms with van der Waals surface area (Å²) in [5, 5.41) is 4.88. The summed E-state index contributed by atoms with van der Waals surface area (Å²) in [6.07, 6.45) is 3.91. The maximum absolute atomic E-state index is 6.27. The highest BCUT2D eigenvalue weighted by Crippen LogP contribution is 2.42. The molecule has 0 amide bonds. The first-order chi connectivity index (χ1) is 13.8. The lowest BCUT2D eigenvalue weighted by Gasteiger charge is -2.31. The molecule has 144 valence electrons. The van der Waals surface area contributed by atoms with Crippen LogP contribution in [-0.4, -0.2) is 22.9 Å². The van der Waals surface area contributed by atoms with Crippen molar-refractivity contribution in [3.05, 3.63) is 65.9 Å². The van der Waals surface area contributed by atoms with Crippen LogP contribution in [0.4, 0.5) is 5.82 Å². The van der Waals surface area contributed by atoms with Gasteiger partial charge in [0.1, 0.15) is 18.2 Å². The lowest BCUT2D eigenvalue weighted by molar-refractivity contribution is 0.307. The van der Waals surface area contributed by atoms with E-state index in [0.29, 0.717) is 6.61 Å². The van der Waals surface area contributed by atoms with E-state index in [0.717, 1.165) is 42.6 Å². The van der Waals surface area contributed by atoms with E-state index in [-0.39, 0.29) is 0 Å². The summed E-state index contributed by atoms with van der Waals surface area (Å²) in [6, 6.07) is 18.8. The number of anilines is 1. The van der Waals surface area contributed by atoms with Crippen molar-refractivity contribution in [2.75, 3.05) is 18.0 Å². The van der Waals surface area contributed by atoms with Crippen molar-refractivity contribution in [3.63, 3.8) is 0 Å². The molecule has 0 unspecified atom stereocenters. The SMILES string of the molecule is Cc1nn2c(c1-c1ccccc1OCc1ccccc1)N(CC1CC1)CCC2. The van der Waals surface area contributed by atoms with Crippen molar-refractivity contribution >= 4 is 5.82 Å². The van der Waals surface area contributed by atoms with Crippen molar-refractivity contribution in [2.45, 2.75) is 39.3 Å². The Balaban J connectivity index is 1.50. The first kappa shape index (κ1) is 17.4. The highest BCUT2D eigenvalue weighted by Gasteiger charge is 2.31. The minimum absolute atomic E-state index is 0.576. The third kappa shape index (κ3) is 3.39. The predicted molar refractivity (Wildman–Crippen MR) is 113 cm³/mol. The number of nitrogens with zero attached hydrogens (tertiary/aromatic N) is 3. The average molecular weight is 374 g/mol. The summed E-state index contributed by atoms with van der Waals surface area (Å²) in [4.78, 5) is 2.56. The number of benzene rings is 2. The van der Waals surface area contributed by atoms with Crippen LogP contribution in [0.3, 0.4) is 0 Å². The lowest BCUT2D eigenvalue weighted by atomic mass is 10.0. The standard InChI is InChI=1S/C24H27N3O/c1-18-23(24-26(16-19-12-13-19)14-7-15-27(24)25-18)21-10-5-6-11-22(21)28-17-20-8-3-2-4-9-20/h2-6,8-11,19H,7,12-17H2,1H3. The molecule has 3 aromatic rings. The normalized spacial score (nSPS) is 16.1. The number of hydrogen-bond donors (Lipinski definition) is 0. The Morgan fingerprint density at radius 3 is 2.61 bits per heavy atom. The van der Waals surface area contributed by atoms with Gasteiger partial charge >= 0.3 is 0 Å². The van der Waals surface area contributed by atoms with Crippen molar-refractivity contribution in [3.8, 4) is 16.9 Å². The Labute approximate surface area is 166 Å². The number of ether oxygens (including phenoxy) is 1. The van der Waals surface area contributed by atoms with Crippen LogP contribution in [0.15, 0.2) is 54.6 Å². The molecule has 0 spiro atoms. The maximum Gasteiger partial charge on any atom is 0.135 e. The van der Waals surface area contributed by atoms with E-state index in [1.165, 1.54) is 36.2 Å². The molecule has 0 atom stereocenters. The van der Waals surface area contributed by atoms with Gasteiger partial charge in [-0.3, -0.25) is 0 Å². The second-order valence-electron chi connectivity index (χ2n) is 8.02. The zero-order chi connectivity index (χ0) is 18.9. The molecule has 5 rings (SSSR count). The third-order valence-electron chi connectivity index (χ3n) is 5.77. The molecule has 4 nitrogen and oxygen atoms in total. The van der Waals surface area contributed by atoms with Gasteiger partial charge in [-0.05, 0) is 43.7 Å². The van der Waals surface area contributed by atoms with Crippen LogP contribution >= 0.6 is 0 Å². The van der Waals surface area contributed by atoms with Gasteiger partial charge in [-0.15, -0.1) is 0 Å². The molecule has 4 heteroatoms. The van der Waals surface area contributed by atoms with Gasteiger partial charge in [-0.1, -0.05) is 48.5 Å². The first-order valence-electron chi connectivity index (χ1n) is 10.4. The molecule has 2 aromatic carbocycles. The fourth-order valence-corrected chi connectivity index (χ4v) is 4.20. The smallest absolute Gasteiger partial charge is 0.135 e. The summed E-state index contributed by atoms with van der Waals surface area (Å²) < 4.78 is 8.48. The fraction of sp³-hybridized carbons (Fsp3) is 0.375. The van der Waals surface area contributed by atoms with Gasteiger partial charge in [0.15, 0.2) is 0 Å². The number of rotatable bonds is 6. The van der Waals surface area contributed by atoms with E-state index in [1.807, 2.05) is 6.07 Å². The number of para-hydroxylation sites is 1. The van der Waals surface area contributed by atoms with E-state index in [2.05, 4.69) is 65.0 Å². The maximum atomic E-state index is 6.27. The molecule has 2 aliphatic rings. The molecule has 1 aromatic heterocycles. The molecule has 28 heavy (non-hydrogen) atoms. The molecular weight excluding hydrogens is 346 g/mol. The molecule has 0 radical (unpaired) electrons. The summed E-state index contributed by atoms with van der Waals surface area (Å²) in [6.45, 7) is 5.99. The molecule has 0 N–H and O–H groups in total. The minimum atomic E-state index is 0.576. The van der Waals surface area contributed by atoms with Crippen LogP contribution in [0.25, 0.3) is 11.1 Å². The molecule has 1 fully saturated rings. The Bertz CT molecular complexity index is 959. The second kappa shape index (κ2) is 7.34. The highest BCUT2D eigenvalue weighted by molar-refractivity contribution is 5.82. The van der Waals surface area contributed by atoms with Gasteiger partial charge in [0.2, 0.25) is 0 Å². The number of hydrogen-bond acceptors (Lipinski definition) is 3. The molecule has 1 aliphatic heterocycles. The van der Waals surface area contributed by atoms with Crippen LogP contribution in [0.5, 0.6) is 5.75 Å². The molecule has 2 heterocycles. The Kier molecular flexibility index (Phi) is 4.55. The Hall–Kier alpha value is -2.75. The average Bonchev–Trinajstić information content (AvgIpc) is 3.47. The molecule has 0 bridgehead atoms. The quantitative estimate of drug-likeness (QED) is 0.605. The third-order valence-corrected chi connectivity index (χ3v) is 5.77. The first-order valence-corrected chi connectivity index (χ1v) is 10.4. The van der Waals surface area contributed by atoms with Crippen LogP contribution < -0.4 is 9.64 Å². The largest absolute Gasteiger partial charge is 0.488 e. The molecule has 1 saturated carbocycles. The monoisotopic (exact) mass is 373 g/mol. The summed E-state index contributed by atoms with van der Waals surface area (Å²) in [5.74, 6) is 3.08. The van der Waals surface area contributed by atoms with Gasteiger partial charge in [0.25, 0.3) is 0 Å². The van der Waals surface area contributed by atoms with Crippen LogP contribution in [0.2, 0.25) is 0 Å². The van der Waals surface area contributed by atoms with Crippen LogP contribution in [-0.2, 0) is 13.2 Å². The van der Waals surface area contributed by atoms with Gasteiger partial charge in [-0.25, -0.2) is 4.68 Å². The summed E-state index contributed by atoms with van der Waals surface area (Å²) in [5.41, 5.74) is 4.67. The van der Waals surface area contributed by atoms with E-state index in [1.54, 1.807) is 0 Å². The molecule has 1 aliphatic carbocycles. The van der Waals surface area contributed by atoms with Crippen molar-refractivity contribution in [1.82, 2.24) is 9.78 Å². The molecular formula is C24H27N3O. The van der Waals surface area contributed by atoms with E-state index in [9.17, 15) is 0 Å². The van der Waals surface area contributed by atoms with Crippen LogP contribution in [0.1, 0.15) is 30.5 Å². The number of aryl methyl sites for hydroxylation is 2. The fourth-order valence-electron chi connectivity index (χ4n) is 4.20. The predicted octanol–water partition coefficient (Wildman–Crippen LogP) is 5.06. The van der Waals surface area contributed by atoms with Crippen molar-refractivity contribution in [2.24, 2.45) is 5.92 Å². The van der Waals surface area contributed by atoms with Gasteiger partial charge in [-0.2, -0.15) is 5.10 Å². The van der Waals surface area contributed by atoms with Gasteiger partial charge in [0.05, 0.1) is 11.3 Å². The number of aromatic nitrogens is 2. The topological polar surface area (TPSA) is 30.3 Å². The summed E-state index contributed by atoms with van der Waals surface area (Å²) in [7, 11) is 0. The minimum Gasteiger partial charge on any atom is -0.488 e. The van der Waals surface area contributed by atoms with Gasteiger partial charge in [0, 0.05) is 25.2 Å². The van der Waals surface area contributed by atoms with Crippen molar-refractivity contribution in [1.29, 1.82) is 0 Å². The van der Waals surface area contributed by atoms with E-state index < -0.39 is 0 Å². The Morgan fingerprint density at radius 1 is 1.00 bits per heavy atom.